The van der Waals surface area contributed by atoms with Crippen LogP contribution >= 0.6 is 11.8 Å². The Morgan fingerprint density at radius 1 is 1.15 bits per heavy atom. The summed E-state index contributed by atoms with van der Waals surface area (Å²) in [4.78, 5) is 19.9. The fraction of sp³-hybridized carbons (Fsp3) is 0.238. The summed E-state index contributed by atoms with van der Waals surface area (Å²) in [6.07, 6.45) is 1.84. The number of hydrogen-bond acceptors (Lipinski definition) is 4. The lowest BCUT2D eigenvalue weighted by molar-refractivity contribution is 0.0956. The Balaban J connectivity index is 1.44. The molecule has 3 rings (SSSR count). The molecule has 6 heteroatoms. The van der Waals surface area contributed by atoms with Gasteiger partial charge in [0.05, 0.1) is 18.5 Å². The average molecular weight is 382 g/mol. The first-order valence-electron chi connectivity index (χ1n) is 8.91. The number of hydrogen-bond donors (Lipinski definition) is 2. The molecule has 0 radical (unpaired) electrons. The number of thioether (sulfide) groups is 1. The minimum Gasteiger partial charge on any atom is -0.494 e. The van der Waals surface area contributed by atoms with Crippen LogP contribution < -0.4 is 10.1 Å². The first-order chi connectivity index (χ1) is 13.2. The van der Waals surface area contributed by atoms with Gasteiger partial charge in [-0.3, -0.25) is 4.79 Å². The van der Waals surface area contributed by atoms with Crippen molar-refractivity contribution in [1.82, 2.24) is 15.3 Å². The van der Waals surface area contributed by atoms with Crippen molar-refractivity contribution in [3.8, 4) is 17.0 Å². The van der Waals surface area contributed by atoms with Gasteiger partial charge >= 0.3 is 0 Å². The number of aromatic amines is 1. The molecule has 0 unspecified atom stereocenters. The standard InChI is InChI=1S/C21H23N3O2S/c1-3-26-18-10-8-17(9-11-18)20(25)22-12-13-27-21-23-14-19(24-21)16-6-4-15(2)5-7-16/h4-11,14H,3,12-13H2,1-2H3,(H,22,25)(H,23,24). The summed E-state index contributed by atoms with van der Waals surface area (Å²) < 4.78 is 5.38. The highest BCUT2D eigenvalue weighted by Crippen LogP contribution is 2.21. The van der Waals surface area contributed by atoms with Gasteiger partial charge in [0.2, 0.25) is 0 Å². The molecule has 0 bridgehead atoms. The molecule has 0 spiro atoms. The molecule has 1 amide bonds. The van der Waals surface area contributed by atoms with Gasteiger partial charge in [-0.25, -0.2) is 4.98 Å². The van der Waals surface area contributed by atoms with E-state index in [-0.39, 0.29) is 5.91 Å². The second-order valence-corrected chi connectivity index (χ2v) is 7.11. The summed E-state index contributed by atoms with van der Waals surface area (Å²) in [7, 11) is 0. The van der Waals surface area contributed by atoms with E-state index in [9.17, 15) is 4.79 Å². The van der Waals surface area contributed by atoms with Crippen molar-refractivity contribution >= 4 is 17.7 Å². The van der Waals surface area contributed by atoms with Crippen LogP contribution in [0.25, 0.3) is 11.3 Å². The van der Waals surface area contributed by atoms with E-state index in [0.717, 1.165) is 27.9 Å². The van der Waals surface area contributed by atoms with Crippen molar-refractivity contribution < 1.29 is 9.53 Å². The van der Waals surface area contributed by atoms with Crippen LogP contribution in [0.3, 0.4) is 0 Å². The van der Waals surface area contributed by atoms with Gasteiger partial charge in [0.1, 0.15) is 5.75 Å². The molecule has 1 aromatic heterocycles. The highest BCUT2D eigenvalue weighted by molar-refractivity contribution is 7.99. The number of nitrogens with zero attached hydrogens (tertiary/aromatic N) is 1. The Bertz CT molecular complexity index is 873. The molecule has 0 saturated heterocycles. The molecule has 0 aliphatic rings. The maximum Gasteiger partial charge on any atom is 0.251 e. The number of rotatable bonds is 8. The molecular formula is C21H23N3O2S. The van der Waals surface area contributed by atoms with E-state index in [1.54, 1.807) is 23.9 Å². The molecule has 140 valence electrons. The SMILES string of the molecule is CCOc1ccc(C(=O)NCCSc2ncc(-c3ccc(C)cc3)[nH]2)cc1. The van der Waals surface area contributed by atoms with Gasteiger partial charge in [0.15, 0.2) is 5.16 Å². The van der Waals surface area contributed by atoms with Crippen molar-refractivity contribution in [3.63, 3.8) is 0 Å². The minimum absolute atomic E-state index is 0.0848. The lowest BCUT2D eigenvalue weighted by Gasteiger charge is -2.06. The topological polar surface area (TPSA) is 67.0 Å². The fourth-order valence-electron chi connectivity index (χ4n) is 2.54. The monoisotopic (exact) mass is 381 g/mol. The minimum atomic E-state index is -0.0848. The molecule has 0 saturated carbocycles. The van der Waals surface area contributed by atoms with Gasteiger partial charge in [0.25, 0.3) is 5.91 Å². The third-order valence-electron chi connectivity index (χ3n) is 3.97. The van der Waals surface area contributed by atoms with E-state index in [0.29, 0.717) is 18.7 Å². The van der Waals surface area contributed by atoms with Crippen LogP contribution in [-0.4, -0.2) is 34.8 Å². The Morgan fingerprint density at radius 3 is 2.59 bits per heavy atom. The molecule has 1 heterocycles. The molecule has 3 aromatic rings. The molecule has 0 atom stereocenters. The van der Waals surface area contributed by atoms with Crippen LogP contribution in [0.4, 0.5) is 0 Å². The third kappa shape index (κ3) is 5.37. The zero-order valence-electron chi connectivity index (χ0n) is 15.5. The average Bonchev–Trinajstić information content (AvgIpc) is 3.15. The largest absolute Gasteiger partial charge is 0.494 e. The number of ether oxygens (including phenoxy) is 1. The Kier molecular flexibility index (Phi) is 6.54. The quantitative estimate of drug-likeness (QED) is 0.451. The van der Waals surface area contributed by atoms with E-state index in [2.05, 4.69) is 46.5 Å². The van der Waals surface area contributed by atoms with Gasteiger partial charge in [-0.15, -0.1) is 0 Å². The molecule has 0 aliphatic heterocycles. The number of imidazole rings is 1. The second kappa shape index (κ2) is 9.28. The molecule has 0 fully saturated rings. The van der Waals surface area contributed by atoms with Crippen LogP contribution in [0.15, 0.2) is 59.9 Å². The highest BCUT2D eigenvalue weighted by atomic mass is 32.2. The normalized spacial score (nSPS) is 10.6. The van der Waals surface area contributed by atoms with Crippen molar-refractivity contribution in [1.29, 1.82) is 0 Å². The molecule has 2 aromatic carbocycles. The summed E-state index contributed by atoms with van der Waals surface area (Å²) in [5, 5.41) is 3.77. The number of benzene rings is 2. The van der Waals surface area contributed by atoms with Crippen LogP contribution in [-0.2, 0) is 0 Å². The first kappa shape index (κ1) is 19.0. The maximum absolute atomic E-state index is 12.2. The summed E-state index contributed by atoms with van der Waals surface area (Å²) >= 11 is 1.58. The maximum atomic E-state index is 12.2. The van der Waals surface area contributed by atoms with Crippen LogP contribution in [0.5, 0.6) is 5.75 Å². The van der Waals surface area contributed by atoms with Crippen LogP contribution in [0.2, 0.25) is 0 Å². The molecule has 0 aliphatic carbocycles. The number of carbonyl (C=O) groups is 1. The Labute approximate surface area is 163 Å². The van der Waals surface area contributed by atoms with Crippen molar-refractivity contribution in [2.24, 2.45) is 0 Å². The Hall–Kier alpha value is -2.73. The molecule has 27 heavy (non-hydrogen) atoms. The fourth-order valence-corrected chi connectivity index (χ4v) is 3.25. The summed E-state index contributed by atoms with van der Waals surface area (Å²) in [5.41, 5.74) is 3.97. The van der Waals surface area contributed by atoms with Gasteiger partial charge in [-0.05, 0) is 43.7 Å². The number of nitrogens with one attached hydrogen (secondary N) is 2. The predicted molar refractivity (Wildman–Crippen MR) is 109 cm³/mol. The number of aryl methyl sites for hydroxylation is 1. The predicted octanol–water partition coefficient (Wildman–Crippen LogP) is 4.31. The summed E-state index contributed by atoms with van der Waals surface area (Å²) in [5.74, 6) is 1.43. The number of H-pyrrole nitrogens is 1. The zero-order valence-corrected chi connectivity index (χ0v) is 16.3. The number of aromatic nitrogens is 2. The molecular weight excluding hydrogens is 358 g/mol. The highest BCUT2D eigenvalue weighted by Gasteiger charge is 2.07. The van der Waals surface area contributed by atoms with Gasteiger partial charge in [0, 0.05) is 17.9 Å². The lowest BCUT2D eigenvalue weighted by atomic mass is 10.1. The van der Waals surface area contributed by atoms with Gasteiger partial charge in [-0.1, -0.05) is 41.6 Å². The Morgan fingerprint density at radius 2 is 1.89 bits per heavy atom. The molecule has 5 nitrogen and oxygen atoms in total. The smallest absolute Gasteiger partial charge is 0.251 e. The molecule has 2 N–H and O–H groups in total. The van der Waals surface area contributed by atoms with Crippen molar-refractivity contribution in [2.45, 2.75) is 19.0 Å². The number of carbonyl (C=O) groups excluding carboxylic acids is 1. The first-order valence-corrected chi connectivity index (χ1v) is 9.90. The van der Waals surface area contributed by atoms with Gasteiger partial charge in [-0.2, -0.15) is 0 Å². The zero-order chi connectivity index (χ0) is 19.1. The second-order valence-electron chi connectivity index (χ2n) is 6.03. The number of amides is 1. The lowest BCUT2D eigenvalue weighted by Crippen LogP contribution is -2.25. The third-order valence-corrected chi connectivity index (χ3v) is 4.86. The van der Waals surface area contributed by atoms with Crippen molar-refractivity contribution in [2.75, 3.05) is 18.9 Å². The van der Waals surface area contributed by atoms with E-state index in [4.69, 9.17) is 4.74 Å². The van der Waals surface area contributed by atoms with E-state index >= 15 is 0 Å². The van der Waals surface area contributed by atoms with Crippen LogP contribution in [0, 0.1) is 6.92 Å². The van der Waals surface area contributed by atoms with Gasteiger partial charge < -0.3 is 15.0 Å². The van der Waals surface area contributed by atoms with Crippen molar-refractivity contribution in [3.05, 3.63) is 65.9 Å². The summed E-state index contributed by atoms with van der Waals surface area (Å²) in [6.45, 7) is 5.18. The van der Waals surface area contributed by atoms with E-state index < -0.39 is 0 Å². The van der Waals surface area contributed by atoms with Crippen LogP contribution in [0.1, 0.15) is 22.8 Å². The van der Waals surface area contributed by atoms with E-state index in [1.807, 2.05) is 25.3 Å². The summed E-state index contributed by atoms with van der Waals surface area (Å²) in [6, 6.07) is 15.5. The van der Waals surface area contributed by atoms with E-state index in [1.165, 1.54) is 5.56 Å².